The lowest BCUT2D eigenvalue weighted by Crippen LogP contribution is -2.03. The van der Waals surface area contributed by atoms with Crippen molar-refractivity contribution in [3.05, 3.63) is 41.2 Å². The Morgan fingerprint density at radius 2 is 2.10 bits per heavy atom. The van der Waals surface area contributed by atoms with Crippen LogP contribution in [0, 0.1) is 22.7 Å². The number of carbonyl (C=O) groups is 1. The number of hydrogen-bond donors (Lipinski definition) is 0. The summed E-state index contributed by atoms with van der Waals surface area (Å²) in [6, 6.07) is 9.26. The average Bonchev–Trinajstić information content (AvgIpc) is 2.77. The molecule has 5 nitrogen and oxygen atoms in total. The van der Waals surface area contributed by atoms with Gasteiger partial charge in [0.15, 0.2) is 5.75 Å². The summed E-state index contributed by atoms with van der Waals surface area (Å²) in [7, 11) is 0. The van der Waals surface area contributed by atoms with E-state index >= 15 is 0 Å². The van der Waals surface area contributed by atoms with Crippen LogP contribution in [0.3, 0.4) is 0 Å². The van der Waals surface area contributed by atoms with Gasteiger partial charge < -0.3 is 9.14 Å². The Hall–Kier alpha value is -3.05. The molecule has 2 aromatic heterocycles. The van der Waals surface area contributed by atoms with Gasteiger partial charge in [0.1, 0.15) is 17.7 Å². The summed E-state index contributed by atoms with van der Waals surface area (Å²) >= 11 is 0. The highest BCUT2D eigenvalue weighted by Crippen LogP contribution is 2.33. The van der Waals surface area contributed by atoms with Crippen LogP contribution in [0.25, 0.3) is 11.6 Å². The zero-order chi connectivity index (χ0) is 15.4. The van der Waals surface area contributed by atoms with Gasteiger partial charge in [-0.05, 0) is 24.6 Å². The molecule has 0 amide bonds. The topological polar surface area (TPSA) is 78.3 Å². The Morgan fingerprint density at radius 3 is 2.67 bits per heavy atom. The SMILES string of the molecule is CCc1c(OC(C)=O)c(C=C(C#N)C#N)n2ccccc12. The van der Waals surface area contributed by atoms with Crippen LogP contribution in [0.5, 0.6) is 5.75 Å². The first-order valence-corrected chi connectivity index (χ1v) is 6.44. The lowest BCUT2D eigenvalue weighted by Gasteiger charge is -2.03. The van der Waals surface area contributed by atoms with Gasteiger partial charge in [0.25, 0.3) is 0 Å². The summed E-state index contributed by atoms with van der Waals surface area (Å²) in [5.74, 6) is -0.0371. The zero-order valence-corrected chi connectivity index (χ0v) is 11.8. The average molecular weight is 279 g/mol. The zero-order valence-electron chi connectivity index (χ0n) is 11.8. The number of aromatic nitrogens is 1. The molecule has 0 unspecified atom stereocenters. The maximum Gasteiger partial charge on any atom is 0.308 e. The van der Waals surface area contributed by atoms with Crippen molar-refractivity contribution in [1.82, 2.24) is 4.40 Å². The summed E-state index contributed by atoms with van der Waals surface area (Å²) in [5.41, 5.74) is 2.23. The van der Waals surface area contributed by atoms with Crippen molar-refractivity contribution >= 4 is 17.6 Å². The number of fused-ring (bicyclic) bond motifs is 1. The van der Waals surface area contributed by atoms with Gasteiger partial charge in [-0.1, -0.05) is 13.0 Å². The maximum atomic E-state index is 11.4. The number of hydrogen-bond acceptors (Lipinski definition) is 4. The standard InChI is InChI=1S/C16H13N3O2/c1-3-13-14-6-4-5-7-19(14)15(8-12(9-17)10-18)16(13)21-11(2)20/h4-8H,3H2,1-2H3. The van der Waals surface area contributed by atoms with Gasteiger partial charge in [-0.2, -0.15) is 10.5 Å². The van der Waals surface area contributed by atoms with Crippen molar-refractivity contribution in [2.45, 2.75) is 20.3 Å². The van der Waals surface area contributed by atoms with Crippen molar-refractivity contribution in [2.24, 2.45) is 0 Å². The summed E-state index contributed by atoms with van der Waals surface area (Å²) < 4.78 is 7.13. The molecular formula is C16H13N3O2. The normalized spacial score (nSPS) is 9.71. The minimum absolute atomic E-state index is 0.0469. The van der Waals surface area contributed by atoms with E-state index in [-0.39, 0.29) is 5.57 Å². The van der Waals surface area contributed by atoms with Crippen molar-refractivity contribution in [3.8, 4) is 17.9 Å². The fraction of sp³-hybridized carbons (Fsp3) is 0.188. The van der Waals surface area contributed by atoms with E-state index in [1.165, 1.54) is 13.0 Å². The molecule has 0 bridgehead atoms. The molecule has 21 heavy (non-hydrogen) atoms. The number of carbonyl (C=O) groups excluding carboxylic acids is 1. The Kier molecular flexibility index (Phi) is 4.06. The first-order valence-electron chi connectivity index (χ1n) is 6.44. The first kappa shape index (κ1) is 14.4. The molecule has 0 aromatic carbocycles. The predicted molar refractivity (Wildman–Crippen MR) is 77.3 cm³/mol. The van der Waals surface area contributed by atoms with Crippen LogP contribution >= 0.6 is 0 Å². The predicted octanol–water partition coefficient (Wildman–Crippen LogP) is 2.86. The van der Waals surface area contributed by atoms with Crippen molar-refractivity contribution in [1.29, 1.82) is 10.5 Å². The Balaban J connectivity index is 2.83. The van der Waals surface area contributed by atoms with Crippen molar-refractivity contribution < 1.29 is 9.53 Å². The van der Waals surface area contributed by atoms with E-state index < -0.39 is 5.97 Å². The molecule has 5 heteroatoms. The number of rotatable bonds is 3. The molecule has 0 atom stereocenters. The molecule has 2 aromatic rings. The van der Waals surface area contributed by atoms with Crippen LogP contribution < -0.4 is 4.74 Å². The van der Waals surface area contributed by atoms with Crippen LogP contribution in [-0.2, 0) is 11.2 Å². The number of ether oxygens (including phenoxy) is 1. The molecule has 104 valence electrons. The molecular weight excluding hydrogens is 266 g/mol. The smallest absolute Gasteiger partial charge is 0.308 e. The molecule has 0 N–H and O–H groups in total. The van der Waals surface area contributed by atoms with Gasteiger partial charge >= 0.3 is 5.97 Å². The molecule has 0 aliphatic heterocycles. The van der Waals surface area contributed by atoms with E-state index in [2.05, 4.69) is 0 Å². The van der Waals surface area contributed by atoms with Gasteiger partial charge in [0.05, 0.1) is 11.2 Å². The summed E-state index contributed by atoms with van der Waals surface area (Å²) in [6.07, 6.45) is 3.91. The number of pyridine rings is 1. The molecule has 0 aliphatic carbocycles. The molecule has 2 heterocycles. The third-order valence-electron chi connectivity index (χ3n) is 3.06. The van der Waals surface area contributed by atoms with Gasteiger partial charge in [0.2, 0.25) is 0 Å². The molecule has 0 saturated carbocycles. The number of nitrogens with zero attached hydrogens (tertiary/aromatic N) is 3. The fourth-order valence-corrected chi connectivity index (χ4v) is 2.24. The second kappa shape index (κ2) is 5.94. The van der Waals surface area contributed by atoms with Crippen molar-refractivity contribution in [2.75, 3.05) is 0 Å². The van der Waals surface area contributed by atoms with E-state index in [0.29, 0.717) is 17.9 Å². The highest BCUT2D eigenvalue weighted by atomic mass is 16.5. The van der Waals surface area contributed by atoms with Crippen LogP contribution in [0.2, 0.25) is 0 Å². The second-order valence-electron chi connectivity index (χ2n) is 4.38. The van der Waals surface area contributed by atoms with Crippen LogP contribution in [0.1, 0.15) is 25.1 Å². The van der Waals surface area contributed by atoms with Gasteiger partial charge in [-0.3, -0.25) is 4.79 Å². The monoisotopic (exact) mass is 279 g/mol. The third kappa shape index (κ3) is 2.63. The quantitative estimate of drug-likeness (QED) is 0.639. The van der Waals surface area contributed by atoms with E-state index in [9.17, 15) is 4.79 Å². The highest BCUT2D eigenvalue weighted by molar-refractivity contribution is 5.79. The Morgan fingerprint density at radius 1 is 1.38 bits per heavy atom. The van der Waals surface area contributed by atoms with Crippen LogP contribution in [0.4, 0.5) is 0 Å². The molecule has 0 spiro atoms. The highest BCUT2D eigenvalue weighted by Gasteiger charge is 2.19. The molecule has 0 saturated heterocycles. The minimum atomic E-state index is -0.439. The van der Waals surface area contributed by atoms with Gasteiger partial charge in [0, 0.05) is 18.7 Å². The summed E-state index contributed by atoms with van der Waals surface area (Å²) in [4.78, 5) is 11.4. The van der Waals surface area contributed by atoms with E-state index in [1.807, 2.05) is 41.7 Å². The van der Waals surface area contributed by atoms with Gasteiger partial charge in [-0.15, -0.1) is 0 Å². The minimum Gasteiger partial charge on any atom is -0.424 e. The lowest BCUT2D eigenvalue weighted by atomic mass is 10.1. The molecule has 0 fully saturated rings. The van der Waals surface area contributed by atoms with Gasteiger partial charge in [-0.25, -0.2) is 0 Å². The number of allylic oxidation sites excluding steroid dienone is 1. The fourth-order valence-electron chi connectivity index (χ4n) is 2.24. The second-order valence-corrected chi connectivity index (χ2v) is 4.38. The molecule has 0 radical (unpaired) electrons. The van der Waals surface area contributed by atoms with Crippen LogP contribution in [-0.4, -0.2) is 10.4 Å². The van der Waals surface area contributed by atoms with E-state index in [4.69, 9.17) is 15.3 Å². The molecule has 0 aliphatic rings. The van der Waals surface area contributed by atoms with Crippen LogP contribution in [0.15, 0.2) is 30.0 Å². The van der Waals surface area contributed by atoms with E-state index in [0.717, 1.165) is 11.1 Å². The lowest BCUT2D eigenvalue weighted by molar-refractivity contribution is -0.131. The molecule has 2 rings (SSSR count). The maximum absolute atomic E-state index is 11.4. The third-order valence-corrected chi connectivity index (χ3v) is 3.06. The summed E-state index contributed by atoms with van der Waals surface area (Å²) in [5, 5.41) is 17.9. The Labute approximate surface area is 122 Å². The van der Waals surface area contributed by atoms with Crippen molar-refractivity contribution in [3.63, 3.8) is 0 Å². The number of esters is 1. The number of nitriles is 2. The largest absolute Gasteiger partial charge is 0.424 e. The summed E-state index contributed by atoms with van der Waals surface area (Å²) in [6.45, 7) is 3.28. The first-order chi connectivity index (χ1) is 10.1. The number of aryl methyl sites for hydroxylation is 1. The Bertz CT molecular complexity index is 800. The van der Waals surface area contributed by atoms with E-state index in [1.54, 1.807) is 6.20 Å².